The van der Waals surface area contributed by atoms with E-state index in [1.165, 1.54) is 18.5 Å². The lowest BCUT2D eigenvalue weighted by Gasteiger charge is -1.99. The number of benzene rings is 1. The monoisotopic (exact) mass is 289 g/mol. The van der Waals surface area contributed by atoms with Crippen molar-refractivity contribution < 1.29 is 9.18 Å². The smallest absolute Gasteiger partial charge is 0.213 e. The fourth-order valence-electron chi connectivity index (χ4n) is 2.20. The van der Waals surface area contributed by atoms with Crippen LogP contribution in [0.4, 0.5) is 4.39 Å². The second-order valence-electron chi connectivity index (χ2n) is 4.34. The van der Waals surface area contributed by atoms with Crippen LogP contribution in [0.25, 0.3) is 10.9 Å². The van der Waals surface area contributed by atoms with Crippen molar-refractivity contribution in [1.82, 2.24) is 14.5 Å². The van der Waals surface area contributed by atoms with Crippen LogP contribution in [0.2, 0.25) is 5.15 Å². The van der Waals surface area contributed by atoms with Crippen LogP contribution in [0.1, 0.15) is 16.1 Å². The summed E-state index contributed by atoms with van der Waals surface area (Å²) < 4.78 is 15.4. The Labute approximate surface area is 118 Å². The molecule has 0 fully saturated rings. The molecule has 0 aliphatic heterocycles. The van der Waals surface area contributed by atoms with Crippen molar-refractivity contribution in [2.75, 3.05) is 0 Å². The van der Waals surface area contributed by atoms with Gasteiger partial charge in [0.1, 0.15) is 23.0 Å². The number of carbonyl (C=O) groups excluding carboxylic acids is 1. The van der Waals surface area contributed by atoms with Crippen molar-refractivity contribution in [1.29, 1.82) is 0 Å². The Balaban J connectivity index is 2.20. The number of nitrogens with zero attached hydrogens (tertiary/aromatic N) is 3. The van der Waals surface area contributed by atoms with Crippen LogP contribution in [0, 0.1) is 5.82 Å². The highest BCUT2D eigenvalue weighted by molar-refractivity contribution is 6.30. The van der Waals surface area contributed by atoms with Gasteiger partial charge >= 0.3 is 0 Å². The number of hydrogen-bond acceptors (Lipinski definition) is 3. The molecule has 2 heterocycles. The number of fused-ring (bicyclic) bond motifs is 1. The number of aryl methyl sites for hydroxylation is 1. The van der Waals surface area contributed by atoms with Gasteiger partial charge in [0.05, 0.1) is 5.52 Å². The zero-order valence-corrected chi connectivity index (χ0v) is 11.2. The number of carbonyl (C=O) groups is 1. The summed E-state index contributed by atoms with van der Waals surface area (Å²) in [6, 6.07) is 6.02. The fourth-order valence-corrected chi connectivity index (χ4v) is 2.34. The average molecular weight is 290 g/mol. The largest absolute Gasteiger partial charge is 0.347 e. The van der Waals surface area contributed by atoms with Gasteiger partial charge < -0.3 is 4.57 Å². The lowest BCUT2D eigenvalue weighted by molar-refractivity contribution is 0.103. The van der Waals surface area contributed by atoms with E-state index in [0.29, 0.717) is 16.5 Å². The molecule has 20 heavy (non-hydrogen) atoms. The Morgan fingerprint density at radius 1 is 1.35 bits per heavy atom. The molecule has 0 atom stereocenters. The van der Waals surface area contributed by atoms with Crippen LogP contribution in [0.5, 0.6) is 0 Å². The lowest BCUT2D eigenvalue weighted by Crippen LogP contribution is -2.03. The summed E-state index contributed by atoms with van der Waals surface area (Å²) in [7, 11) is 1.69. The van der Waals surface area contributed by atoms with E-state index in [2.05, 4.69) is 9.97 Å². The molecule has 0 bridgehead atoms. The van der Waals surface area contributed by atoms with Gasteiger partial charge in [-0.3, -0.25) is 4.79 Å². The molecule has 0 aliphatic carbocycles. The van der Waals surface area contributed by atoms with Gasteiger partial charge in [-0.05, 0) is 6.07 Å². The Hall–Kier alpha value is -2.27. The van der Waals surface area contributed by atoms with E-state index in [0.717, 1.165) is 0 Å². The molecule has 0 unspecified atom stereocenters. The highest BCUT2D eigenvalue weighted by atomic mass is 35.5. The molecule has 6 heteroatoms. The molecule has 0 aliphatic rings. The maximum absolute atomic E-state index is 13.8. The van der Waals surface area contributed by atoms with Crippen molar-refractivity contribution in [3.63, 3.8) is 0 Å². The third-order valence-electron chi connectivity index (χ3n) is 3.06. The number of hydrogen-bond donors (Lipinski definition) is 0. The first-order chi connectivity index (χ1) is 9.58. The van der Waals surface area contributed by atoms with Crippen molar-refractivity contribution in [3.8, 4) is 0 Å². The normalized spacial score (nSPS) is 10.9. The van der Waals surface area contributed by atoms with Gasteiger partial charge in [-0.25, -0.2) is 14.4 Å². The van der Waals surface area contributed by atoms with Crippen LogP contribution in [-0.4, -0.2) is 20.3 Å². The molecular weight excluding hydrogens is 281 g/mol. The maximum atomic E-state index is 13.8. The van der Waals surface area contributed by atoms with Gasteiger partial charge in [-0.15, -0.1) is 0 Å². The lowest BCUT2D eigenvalue weighted by atomic mass is 10.1. The molecule has 100 valence electrons. The highest BCUT2D eigenvalue weighted by Crippen LogP contribution is 2.25. The molecule has 0 saturated heterocycles. The maximum Gasteiger partial charge on any atom is 0.213 e. The summed E-state index contributed by atoms with van der Waals surface area (Å²) in [5.41, 5.74) is 0.953. The molecule has 2 aromatic heterocycles. The van der Waals surface area contributed by atoms with Crippen molar-refractivity contribution >= 4 is 28.3 Å². The molecule has 4 nitrogen and oxygen atoms in total. The third-order valence-corrected chi connectivity index (χ3v) is 3.27. The van der Waals surface area contributed by atoms with Crippen LogP contribution in [0.3, 0.4) is 0 Å². The van der Waals surface area contributed by atoms with Gasteiger partial charge in [0, 0.05) is 30.3 Å². The molecule has 0 spiro atoms. The van der Waals surface area contributed by atoms with Gasteiger partial charge in [0.25, 0.3) is 0 Å². The molecular formula is C14H9ClFN3O. The highest BCUT2D eigenvalue weighted by Gasteiger charge is 2.18. The number of rotatable bonds is 2. The molecule has 0 amide bonds. The first-order valence-corrected chi connectivity index (χ1v) is 6.21. The minimum Gasteiger partial charge on any atom is -0.347 e. The summed E-state index contributed by atoms with van der Waals surface area (Å²) in [5, 5.41) is 0.738. The summed E-state index contributed by atoms with van der Waals surface area (Å²) in [6.45, 7) is 0. The van der Waals surface area contributed by atoms with E-state index in [1.807, 2.05) is 0 Å². The number of ketones is 1. The predicted octanol–water partition coefficient (Wildman–Crippen LogP) is 2.99. The van der Waals surface area contributed by atoms with Crippen LogP contribution in [0.15, 0.2) is 36.8 Å². The van der Waals surface area contributed by atoms with E-state index in [9.17, 15) is 9.18 Å². The summed E-state index contributed by atoms with van der Waals surface area (Å²) in [4.78, 5) is 20.1. The molecule has 1 aromatic carbocycles. The Kier molecular flexibility index (Phi) is 2.99. The molecule has 3 rings (SSSR count). The molecule has 0 saturated carbocycles. The predicted molar refractivity (Wildman–Crippen MR) is 73.4 cm³/mol. The summed E-state index contributed by atoms with van der Waals surface area (Å²) >= 11 is 5.76. The third kappa shape index (κ3) is 1.96. The molecule has 3 aromatic rings. The minimum absolute atomic E-state index is 0.182. The first-order valence-electron chi connectivity index (χ1n) is 5.83. The quantitative estimate of drug-likeness (QED) is 0.538. The van der Waals surface area contributed by atoms with E-state index in [-0.39, 0.29) is 22.4 Å². The SMILES string of the molecule is Cn1cc(C(=O)c2cc(Cl)ncn2)c2cccc(F)c21. The number of aromatic nitrogens is 3. The first kappa shape index (κ1) is 12.7. The topological polar surface area (TPSA) is 47.8 Å². The zero-order valence-electron chi connectivity index (χ0n) is 10.5. The summed E-state index contributed by atoms with van der Waals surface area (Å²) in [6.07, 6.45) is 2.81. The standard InChI is InChI=1S/C14H9ClFN3O/c1-19-6-9(8-3-2-4-10(16)13(8)19)14(20)11-5-12(15)18-7-17-11/h2-7H,1H3. The zero-order chi connectivity index (χ0) is 14.3. The fraction of sp³-hybridized carbons (Fsp3) is 0.0714. The van der Waals surface area contributed by atoms with Crippen molar-refractivity contribution in [2.45, 2.75) is 0 Å². The summed E-state index contributed by atoms with van der Waals surface area (Å²) in [5.74, 6) is -0.685. The molecule has 0 radical (unpaired) electrons. The van der Waals surface area contributed by atoms with E-state index < -0.39 is 0 Å². The van der Waals surface area contributed by atoms with Crippen LogP contribution >= 0.6 is 11.6 Å². The van der Waals surface area contributed by atoms with Crippen LogP contribution < -0.4 is 0 Å². The second-order valence-corrected chi connectivity index (χ2v) is 4.73. The van der Waals surface area contributed by atoms with Crippen LogP contribution in [-0.2, 0) is 7.05 Å². The number of halogens is 2. The van der Waals surface area contributed by atoms with Gasteiger partial charge in [-0.1, -0.05) is 23.7 Å². The van der Waals surface area contributed by atoms with Gasteiger partial charge in [-0.2, -0.15) is 0 Å². The van der Waals surface area contributed by atoms with Crippen molar-refractivity contribution in [3.05, 3.63) is 59.0 Å². The van der Waals surface area contributed by atoms with Gasteiger partial charge in [0.15, 0.2) is 0 Å². The van der Waals surface area contributed by atoms with E-state index in [1.54, 1.807) is 29.9 Å². The Morgan fingerprint density at radius 3 is 2.90 bits per heavy atom. The Morgan fingerprint density at radius 2 is 2.15 bits per heavy atom. The average Bonchev–Trinajstić information content (AvgIpc) is 2.77. The number of para-hydroxylation sites is 1. The van der Waals surface area contributed by atoms with Crippen molar-refractivity contribution in [2.24, 2.45) is 7.05 Å². The van der Waals surface area contributed by atoms with E-state index in [4.69, 9.17) is 11.6 Å². The van der Waals surface area contributed by atoms with E-state index >= 15 is 0 Å². The molecule has 0 N–H and O–H groups in total. The minimum atomic E-state index is -0.371. The Bertz CT molecular complexity index is 828. The van der Waals surface area contributed by atoms with Gasteiger partial charge in [0.2, 0.25) is 5.78 Å². The second kappa shape index (κ2) is 4.68.